The molecule has 0 atom stereocenters. The lowest BCUT2D eigenvalue weighted by Crippen LogP contribution is -2.16. The summed E-state index contributed by atoms with van der Waals surface area (Å²) in [5.74, 6) is 0.449. The molecule has 1 rings (SSSR count). The van der Waals surface area contributed by atoms with Gasteiger partial charge >= 0.3 is 0 Å². The van der Waals surface area contributed by atoms with Crippen LogP contribution in [0.3, 0.4) is 0 Å². The van der Waals surface area contributed by atoms with E-state index in [9.17, 15) is 0 Å². The first kappa shape index (κ1) is 11.1. The first-order chi connectivity index (χ1) is 6.59. The van der Waals surface area contributed by atoms with Crippen LogP contribution in [0.15, 0.2) is 6.33 Å². The van der Waals surface area contributed by atoms with E-state index in [1.54, 1.807) is 11.0 Å². The smallest absolute Gasteiger partial charge is 0.208 e. The number of nitrogens with two attached hydrogens (primary N) is 1. The monoisotopic (exact) mass is 213 g/mol. The Morgan fingerprint density at radius 2 is 2.36 bits per heavy atom. The normalized spacial score (nSPS) is 10.8. The Morgan fingerprint density at radius 1 is 1.64 bits per heavy atom. The minimum Gasteiger partial charge on any atom is -0.387 e. The van der Waals surface area contributed by atoms with E-state index >= 15 is 0 Å². The van der Waals surface area contributed by atoms with Crippen LogP contribution in [-0.2, 0) is 6.54 Å². The zero-order chi connectivity index (χ0) is 10.6. The van der Waals surface area contributed by atoms with Gasteiger partial charge in [0.05, 0.1) is 0 Å². The second-order valence-electron chi connectivity index (χ2n) is 3.35. The predicted octanol–water partition coefficient (Wildman–Crippen LogP) is -0.136. The maximum absolute atomic E-state index is 5.39. The lowest BCUT2D eigenvalue weighted by atomic mass is 10.4. The zero-order valence-electron chi connectivity index (χ0n) is 8.47. The van der Waals surface area contributed by atoms with Gasteiger partial charge < -0.3 is 10.6 Å². The average Bonchev–Trinajstić information content (AvgIpc) is 2.52. The molecular formula is C8H15N5S. The first-order valence-corrected chi connectivity index (χ1v) is 4.84. The van der Waals surface area contributed by atoms with E-state index in [1.807, 2.05) is 14.1 Å². The summed E-state index contributed by atoms with van der Waals surface area (Å²) in [5.41, 5.74) is 5.39. The Balaban J connectivity index is 2.40. The minimum atomic E-state index is 0.247. The molecule has 0 saturated heterocycles. The Kier molecular flexibility index (Phi) is 3.97. The average molecular weight is 213 g/mol. The highest BCUT2D eigenvalue weighted by atomic mass is 32.1. The van der Waals surface area contributed by atoms with Crippen LogP contribution in [0.4, 0.5) is 0 Å². The first-order valence-electron chi connectivity index (χ1n) is 4.43. The molecule has 0 radical (unpaired) electrons. The molecule has 1 aromatic heterocycles. The number of rotatable bonds is 5. The molecule has 14 heavy (non-hydrogen) atoms. The Morgan fingerprint density at radius 3 is 2.86 bits per heavy atom. The van der Waals surface area contributed by atoms with Gasteiger partial charge in [-0.05, 0) is 27.1 Å². The third kappa shape index (κ3) is 3.39. The Bertz CT molecular complexity index is 306. The van der Waals surface area contributed by atoms with Crippen LogP contribution < -0.4 is 5.73 Å². The van der Waals surface area contributed by atoms with Gasteiger partial charge in [-0.1, -0.05) is 12.2 Å². The van der Waals surface area contributed by atoms with Crippen LogP contribution in [0, 0.1) is 0 Å². The fourth-order valence-electron chi connectivity index (χ4n) is 1.06. The largest absolute Gasteiger partial charge is 0.387 e. The van der Waals surface area contributed by atoms with E-state index in [1.165, 1.54) is 0 Å². The molecule has 0 aliphatic heterocycles. The third-order valence-electron chi connectivity index (χ3n) is 1.75. The topological polar surface area (TPSA) is 60.0 Å². The molecule has 0 bridgehead atoms. The summed E-state index contributed by atoms with van der Waals surface area (Å²) >= 11 is 4.76. The van der Waals surface area contributed by atoms with Gasteiger partial charge in [0, 0.05) is 6.54 Å². The number of hydrogen-bond acceptors (Lipinski definition) is 4. The van der Waals surface area contributed by atoms with Gasteiger partial charge in [-0.2, -0.15) is 0 Å². The Hall–Kier alpha value is -1.01. The van der Waals surface area contributed by atoms with Crippen molar-refractivity contribution in [2.24, 2.45) is 5.73 Å². The number of aromatic nitrogens is 3. The lowest BCUT2D eigenvalue weighted by molar-refractivity contribution is 0.380. The Labute approximate surface area is 88.9 Å². The molecule has 0 aromatic carbocycles. The van der Waals surface area contributed by atoms with Gasteiger partial charge in [0.2, 0.25) is 5.82 Å². The van der Waals surface area contributed by atoms with E-state index in [2.05, 4.69) is 15.0 Å². The van der Waals surface area contributed by atoms with Gasteiger partial charge in [0.25, 0.3) is 0 Å². The van der Waals surface area contributed by atoms with E-state index in [0.717, 1.165) is 19.5 Å². The van der Waals surface area contributed by atoms with E-state index in [-0.39, 0.29) is 4.99 Å². The molecule has 0 spiro atoms. The van der Waals surface area contributed by atoms with E-state index in [0.29, 0.717) is 5.82 Å². The van der Waals surface area contributed by atoms with Crippen LogP contribution in [0.2, 0.25) is 0 Å². The molecule has 6 heteroatoms. The molecule has 1 aromatic rings. The molecule has 0 amide bonds. The molecule has 1 heterocycles. The fourth-order valence-corrected chi connectivity index (χ4v) is 1.16. The van der Waals surface area contributed by atoms with Crippen molar-refractivity contribution in [2.45, 2.75) is 13.0 Å². The SMILES string of the molecule is CN(C)CCCn1cnc(C(N)=S)n1. The summed E-state index contributed by atoms with van der Waals surface area (Å²) < 4.78 is 1.76. The summed E-state index contributed by atoms with van der Waals surface area (Å²) in [6.07, 6.45) is 2.69. The summed E-state index contributed by atoms with van der Waals surface area (Å²) in [6.45, 7) is 1.87. The van der Waals surface area contributed by atoms with Crippen LogP contribution in [-0.4, -0.2) is 45.3 Å². The molecule has 0 saturated carbocycles. The quantitative estimate of drug-likeness (QED) is 0.690. The van der Waals surface area contributed by atoms with Crippen LogP contribution in [0.25, 0.3) is 0 Å². The fraction of sp³-hybridized carbons (Fsp3) is 0.625. The number of hydrogen-bond donors (Lipinski definition) is 1. The molecule has 78 valence electrons. The molecule has 0 fully saturated rings. The summed E-state index contributed by atoms with van der Waals surface area (Å²) in [6, 6.07) is 0. The van der Waals surface area contributed by atoms with Crippen molar-refractivity contribution in [3.8, 4) is 0 Å². The summed E-state index contributed by atoms with van der Waals surface area (Å²) in [7, 11) is 4.09. The zero-order valence-corrected chi connectivity index (χ0v) is 9.29. The van der Waals surface area contributed by atoms with Gasteiger partial charge in [0.15, 0.2) is 0 Å². The molecule has 0 unspecified atom stereocenters. The van der Waals surface area contributed by atoms with Crippen molar-refractivity contribution in [2.75, 3.05) is 20.6 Å². The number of nitrogens with zero attached hydrogens (tertiary/aromatic N) is 4. The summed E-state index contributed by atoms with van der Waals surface area (Å²) in [5, 5.41) is 4.13. The molecule has 5 nitrogen and oxygen atoms in total. The lowest BCUT2D eigenvalue weighted by Gasteiger charge is -2.08. The minimum absolute atomic E-state index is 0.247. The molecule has 0 aliphatic carbocycles. The summed E-state index contributed by atoms with van der Waals surface area (Å²) in [4.78, 5) is 6.36. The van der Waals surface area contributed by atoms with Gasteiger partial charge in [-0.3, -0.25) is 4.68 Å². The predicted molar refractivity (Wildman–Crippen MR) is 59.1 cm³/mol. The van der Waals surface area contributed by atoms with Gasteiger partial charge in [0.1, 0.15) is 11.3 Å². The van der Waals surface area contributed by atoms with Crippen molar-refractivity contribution >= 4 is 17.2 Å². The maximum atomic E-state index is 5.39. The van der Waals surface area contributed by atoms with Gasteiger partial charge in [-0.25, -0.2) is 4.98 Å². The second kappa shape index (κ2) is 5.02. The van der Waals surface area contributed by atoms with E-state index in [4.69, 9.17) is 18.0 Å². The maximum Gasteiger partial charge on any atom is 0.208 e. The van der Waals surface area contributed by atoms with E-state index < -0.39 is 0 Å². The highest BCUT2D eigenvalue weighted by molar-refractivity contribution is 7.80. The second-order valence-corrected chi connectivity index (χ2v) is 3.79. The van der Waals surface area contributed by atoms with Crippen molar-refractivity contribution < 1.29 is 0 Å². The highest BCUT2D eigenvalue weighted by Gasteiger charge is 2.02. The van der Waals surface area contributed by atoms with Crippen LogP contribution in [0.5, 0.6) is 0 Å². The number of aryl methyl sites for hydroxylation is 1. The van der Waals surface area contributed by atoms with Crippen molar-refractivity contribution in [1.82, 2.24) is 19.7 Å². The molecule has 2 N–H and O–H groups in total. The third-order valence-corrected chi connectivity index (χ3v) is 1.93. The van der Waals surface area contributed by atoms with Crippen LogP contribution >= 0.6 is 12.2 Å². The van der Waals surface area contributed by atoms with Crippen LogP contribution in [0.1, 0.15) is 12.2 Å². The van der Waals surface area contributed by atoms with Crippen molar-refractivity contribution in [3.05, 3.63) is 12.2 Å². The highest BCUT2D eigenvalue weighted by Crippen LogP contribution is 1.93. The number of thiocarbonyl (C=S) groups is 1. The van der Waals surface area contributed by atoms with Gasteiger partial charge in [-0.15, -0.1) is 5.10 Å². The molecule has 0 aliphatic rings. The standard InChI is InChI=1S/C8H15N5S/c1-12(2)4-3-5-13-6-10-8(11-13)7(9)14/h6H,3-5H2,1-2H3,(H2,9,14). The van der Waals surface area contributed by atoms with Crippen molar-refractivity contribution in [1.29, 1.82) is 0 Å². The van der Waals surface area contributed by atoms with Crippen molar-refractivity contribution in [3.63, 3.8) is 0 Å². The molecular weight excluding hydrogens is 198 g/mol.